The van der Waals surface area contributed by atoms with E-state index in [0.29, 0.717) is 22.7 Å². The molecule has 10 nitrogen and oxygen atoms in total. The van der Waals surface area contributed by atoms with E-state index in [1.807, 2.05) is 26.2 Å². The number of fused-ring (bicyclic) bond motifs is 1. The molecule has 4 heterocycles. The van der Waals surface area contributed by atoms with Gasteiger partial charge in [-0.05, 0) is 54.0 Å². The third-order valence-corrected chi connectivity index (χ3v) is 6.06. The second-order valence-electron chi connectivity index (χ2n) is 8.44. The van der Waals surface area contributed by atoms with Gasteiger partial charge in [-0.15, -0.1) is 0 Å². The quantitative estimate of drug-likeness (QED) is 0.436. The summed E-state index contributed by atoms with van der Waals surface area (Å²) < 4.78 is 6.47. The first-order chi connectivity index (χ1) is 16.3. The lowest BCUT2D eigenvalue weighted by molar-refractivity contribution is -0.117. The van der Waals surface area contributed by atoms with Crippen molar-refractivity contribution < 1.29 is 14.3 Å². The molecule has 1 aliphatic carbocycles. The minimum absolute atomic E-state index is 0.0681. The first kappa shape index (κ1) is 21.5. The number of nitrogens with two attached hydrogens (primary N) is 1. The molecular weight excluding hydrogens is 434 g/mol. The van der Waals surface area contributed by atoms with Crippen LogP contribution in [0, 0.1) is 12.8 Å². The van der Waals surface area contributed by atoms with Crippen molar-refractivity contribution in [3.05, 3.63) is 59.8 Å². The highest BCUT2D eigenvalue weighted by atomic mass is 16.5. The van der Waals surface area contributed by atoms with Crippen molar-refractivity contribution in [1.29, 1.82) is 0 Å². The Kier molecular flexibility index (Phi) is 5.20. The van der Waals surface area contributed by atoms with E-state index in [1.165, 1.54) is 7.11 Å². The highest BCUT2D eigenvalue weighted by Gasteiger charge is 2.44. The summed E-state index contributed by atoms with van der Waals surface area (Å²) in [5.74, 6) is 0.274. The maximum Gasteiger partial charge on any atom is 0.356 e. The van der Waals surface area contributed by atoms with Crippen molar-refractivity contribution in [2.75, 3.05) is 18.2 Å². The van der Waals surface area contributed by atoms with Crippen LogP contribution in [0.25, 0.3) is 22.0 Å². The van der Waals surface area contributed by atoms with Gasteiger partial charge in [0.1, 0.15) is 17.3 Å². The van der Waals surface area contributed by atoms with E-state index in [4.69, 9.17) is 10.5 Å². The zero-order chi connectivity index (χ0) is 24.0. The number of hydrogen-bond acceptors (Lipinski definition) is 8. The molecular formula is C24H23N7O3. The average molecular weight is 457 g/mol. The number of methoxy groups -OCH3 is 1. The molecule has 3 N–H and O–H groups in total. The molecule has 0 aliphatic heterocycles. The van der Waals surface area contributed by atoms with Gasteiger partial charge >= 0.3 is 5.97 Å². The second-order valence-corrected chi connectivity index (χ2v) is 8.44. The van der Waals surface area contributed by atoms with Crippen molar-refractivity contribution in [2.24, 2.45) is 13.0 Å². The fraction of sp³-hybridized carbons (Fsp3) is 0.250. The summed E-state index contributed by atoms with van der Waals surface area (Å²) in [6, 6.07) is 5.29. The van der Waals surface area contributed by atoms with Crippen LogP contribution in [-0.4, -0.2) is 43.7 Å². The fourth-order valence-electron chi connectivity index (χ4n) is 4.12. The number of nitrogen functional groups attached to an aromatic ring is 1. The molecule has 1 fully saturated rings. The molecule has 4 aromatic rings. The molecule has 1 saturated carbocycles. The van der Waals surface area contributed by atoms with E-state index in [0.717, 1.165) is 28.5 Å². The molecule has 172 valence electrons. The number of hydrogen-bond donors (Lipinski definition) is 2. The zero-order valence-electron chi connectivity index (χ0n) is 18.9. The fourth-order valence-corrected chi connectivity index (χ4v) is 4.12. The Morgan fingerprint density at radius 2 is 2.00 bits per heavy atom. The summed E-state index contributed by atoms with van der Waals surface area (Å²) in [5, 5.41) is 8.56. The van der Waals surface area contributed by atoms with E-state index in [1.54, 1.807) is 35.4 Å². The van der Waals surface area contributed by atoms with Crippen molar-refractivity contribution in [3.8, 4) is 11.3 Å². The molecule has 0 bridgehead atoms. The van der Waals surface area contributed by atoms with Crippen molar-refractivity contribution in [3.63, 3.8) is 0 Å². The van der Waals surface area contributed by atoms with Crippen LogP contribution < -0.4 is 11.1 Å². The highest BCUT2D eigenvalue weighted by Crippen LogP contribution is 2.47. The maximum atomic E-state index is 12.8. The van der Waals surface area contributed by atoms with Gasteiger partial charge in [0.05, 0.1) is 19.0 Å². The molecule has 0 spiro atoms. The number of carbonyl (C=O) groups is 2. The SMILES string of the molecule is COC(=O)c1cc(C)c(-c2cc3cc(NC(=O)[C@@H]4C[C@H]4c4cnn(C)c4)ncc3c(N)n2)cn1. The number of anilines is 2. The largest absolute Gasteiger partial charge is 0.464 e. The number of nitrogens with one attached hydrogen (secondary N) is 1. The van der Waals surface area contributed by atoms with Crippen LogP contribution in [0.15, 0.2) is 43.0 Å². The summed E-state index contributed by atoms with van der Waals surface area (Å²) in [4.78, 5) is 37.5. The smallest absolute Gasteiger partial charge is 0.356 e. The second kappa shape index (κ2) is 8.22. The van der Waals surface area contributed by atoms with Gasteiger partial charge in [0.2, 0.25) is 5.91 Å². The average Bonchev–Trinajstić information content (AvgIpc) is 3.51. The van der Waals surface area contributed by atoms with Gasteiger partial charge in [-0.25, -0.2) is 19.7 Å². The minimum Gasteiger partial charge on any atom is -0.464 e. The molecule has 0 unspecified atom stereocenters. The van der Waals surface area contributed by atoms with Gasteiger partial charge in [-0.3, -0.25) is 9.48 Å². The Balaban J connectivity index is 1.40. The molecule has 0 saturated heterocycles. The lowest BCUT2D eigenvalue weighted by Gasteiger charge is -2.11. The summed E-state index contributed by atoms with van der Waals surface area (Å²) >= 11 is 0. The van der Waals surface area contributed by atoms with Crippen LogP contribution in [0.4, 0.5) is 11.6 Å². The monoisotopic (exact) mass is 457 g/mol. The van der Waals surface area contributed by atoms with Gasteiger partial charge < -0.3 is 15.8 Å². The topological polar surface area (TPSA) is 138 Å². The van der Waals surface area contributed by atoms with Crippen molar-refractivity contribution >= 4 is 34.3 Å². The maximum absolute atomic E-state index is 12.8. The number of rotatable bonds is 5. The van der Waals surface area contributed by atoms with Crippen LogP contribution in [0.3, 0.4) is 0 Å². The number of nitrogens with zero attached hydrogens (tertiary/aromatic N) is 5. The number of esters is 1. The normalized spacial score (nSPS) is 16.9. The summed E-state index contributed by atoms with van der Waals surface area (Å²) in [5.41, 5.74) is 9.63. The van der Waals surface area contributed by atoms with E-state index >= 15 is 0 Å². The molecule has 34 heavy (non-hydrogen) atoms. The van der Waals surface area contributed by atoms with E-state index in [-0.39, 0.29) is 23.4 Å². The molecule has 4 aromatic heterocycles. The standard InChI is InChI=1S/C24H23N7O3/c1-12-4-20(24(33)34-3)26-9-17(12)19-5-13-6-21(27-10-18(13)22(25)29-19)30-23(32)16-7-15(16)14-8-28-31(2)11-14/h4-6,8-11,15-16H,7H2,1-3H3,(H2,25,29)(H,27,30,32)/t15-,16+/m0/s1. The molecule has 1 amide bonds. The van der Waals surface area contributed by atoms with Crippen molar-refractivity contribution in [1.82, 2.24) is 24.7 Å². The van der Waals surface area contributed by atoms with Crippen LogP contribution in [-0.2, 0) is 16.6 Å². The molecule has 0 aromatic carbocycles. The van der Waals surface area contributed by atoms with Gasteiger partial charge in [-0.2, -0.15) is 5.10 Å². The van der Waals surface area contributed by atoms with E-state index in [9.17, 15) is 9.59 Å². The molecule has 10 heteroatoms. The van der Waals surface area contributed by atoms with Crippen molar-refractivity contribution in [2.45, 2.75) is 19.3 Å². The van der Waals surface area contributed by atoms with Gasteiger partial charge in [0.25, 0.3) is 0 Å². The van der Waals surface area contributed by atoms with Crippen LogP contribution in [0.1, 0.15) is 34.0 Å². The number of pyridine rings is 3. The van der Waals surface area contributed by atoms with Crippen LogP contribution in [0.2, 0.25) is 0 Å². The number of aromatic nitrogens is 5. The molecule has 0 radical (unpaired) electrons. The summed E-state index contributed by atoms with van der Waals surface area (Å²) in [7, 11) is 3.17. The Morgan fingerprint density at radius 3 is 2.71 bits per heavy atom. The molecule has 5 rings (SSSR count). The Hall–Kier alpha value is -4.34. The first-order valence-corrected chi connectivity index (χ1v) is 10.7. The lowest BCUT2D eigenvalue weighted by atomic mass is 10.0. The van der Waals surface area contributed by atoms with Gasteiger partial charge in [0.15, 0.2) is 0 Å². The van der Waals surface area contributed by atoms with Gasteiger partial charge in [0, 0.05) is 42.5 Å². The number of ether oxygens (including phenoxy) is 1. The number of aryl methyl sites for hydroxylation is 2. The predicted octanol–water partition coefficient (Wildman–Crippen LogP) is 2.84. The molecule has 2 atom stereocenters. The van der Waals surface area contributed by atoms with Crippen LogP contribution in [0.5, 0.6) is 0 Å². The van der Waals surface area contributed by atoms with Gasteiger partial charge in [-0.1, -0.05) is 0 Å². The van der Waals surface area contributed by atoms with E-state index < -0.39 is 5.97 Å². The first-order valence-electron chi connectivity index (χ1n) is 10.7. The van der Waals surface area contributed by atoms with E-state index in [2.05, 4.69) is 25.4 Å². The molecule has 1 aliphatic rings. The Bertz CT molecular complexity index is 1450. The summed E-state index contributed by atoms with van der Waals surface area (Å²) in [6.07, 6.45) is 7.72. The number of carbonyl (C=O) groups excluding carboxylic acids is 2. The highest BCUT2D eigenvalue weighted by molar-refractivity contribution is 5.99. The predicted molar refractivity (Wildman–Crippen MR) is 126 cm³/mol. The van der Waals surface area contributed by atoms with Crippen LogP contribution >= 0.6 is 0 Å². The Morgan fingerprint density at radius 1 is 1.18 bits per heavy atom. The third kappa shape index (κ3) is 3.94. The lowest BCUT2D eigenvalue weighted by Crippen LogP contribution is -2.15. The zero-order valence-corrected chi connectivity index (χ0v) is 18.9. The third-order valence-electron chi connectivity index (χ3n) is 6.06. The Labute approximate surface area is 195 Å². The summed E-state index contributed by atoms with van der Waals surface area (Å²) in [6.45, 7) is 1.86. The number of amides is 1. The minimum atomic E-state index is -0.506.